The van der Waals surface area contributed by atoms with Crippen LogP contribution < -0.4 is 5.32 Å². The van der Waals surface area contributed by atoms with Crippen LogP contribution in [0.25, 0.3) is 0 Å². The fraction of sp³-hybridized carbons (Fsp3) is 0.615. The van der Waals surface area contributed by atoms with Gasteiger partial charge < -0.3 is 10.0 Å². The second-order valence-electron chi connectivity index (χ2n) is 5.22. The highest BCUT2D eigenvalue weighted by Crippen LogP contribution is 2.30. The zero-order valence-electron chi connectivity index (χ0n) is 11.1. The van der Waals surface area contributed by atoms with Crippen LogP contribution in [0.15, 0.2) is 0 Å². The van der Waals surface area contributed by atoms with Gasteiger partial charge in [-0.3, -0.25) is 5.32 Å². The van der Waals surface area contributed by atoms with Crippen molar-refractivity contribution in [2.45, 2.75) is 44.6 Å². The number of carbonyl (C=O) groups is 2. The summed E-state index contributed by atoms with van der Waals surface area (Å²) in [6, 6.07) is -1.05. The fourth-order valence-corrected chi connectivity index (χ4v) is 3.87. The maximum atomic E-state index is 12.2. The average molecular weight is 295 g/mol. The highest BCUT2D eigenvalue weighted by atomic mass is 32.1. The van der Waals surface area contributed by atoms with Crippen LogP contribution >= 0.6 is 11.3 Å². The van der Waals surface area contributed by atoms with E-state index in [0.717, 1.165) is 31.4 Å². The minimum absolute atomic E-state index is 0.346. The molecule has 0 spiro atoms. The third-order valence-electron chi connectivity index (χ3n) is 3.86. The summed E-state index contributed by atoms with van der Waals surface area (Å²) >= 11 is 1.51. The monoisotopic (exact) mass is 295 g/mol. The molecule has 2 amide bonds. The summed E-state index contributed by atoms with van der Waals surface area (Å²) < 4.78 is 0. The molecule has 1 aromatic rings. The molecule has 20 heavy (non-hydrogen) atoms. The quantitative estimate of drug-likeness (QED) is 0.875. The number of nitrogens with one attached hydrogen (secondary N) is 1. The molecule has 2 aliphatic rings. The fourth-order valence-electron chi connectivity index (χ4n) is 2.84. The van der Waals surface area contributed by atoms with Crippen LogP contribution in [-0.2, 0) is 17.6 Å². The number of carboxylic acid groups (broad SMARTS) is 1. The van der Waals surface area contributed by atoms with Crippen molar-refractivity contribution in [3.05, 3.63) is 10.6 Å². The van der Waals surface area contributed by atoms with Gasteiger partial charge in [-0.15, -0.1) is 11.3 Å². The first kappa shape index (κ1) is 13.4. The molecule has 0 saturated carbocycles. The van der Waals surface area contributed by atoms with Crippen LogP contribution in [0, 0.1) is 0 Å². The Morgan fingerprint density at radius 2 is 2.10 bits per heavy atom. The van der Waals surface area contributed by atoms with E-state index < -0.39 is 12.0 Å². The molecule has 2 heterocycles. The molecule has 6 nitrogen and oxygen atoms in total. The predicted molar refractivity (Wildman–Crippen MR) is 75.1 cm³/mol. The summed E-state index contributed by atoms with van der Waals surface area (Å²) in [6.45, 7) is 0.494. The van der Waals surface area contributed by atoms with E-state index in [9.17, 15) is 9.59 Å². The molecule has 1 atom stereocenters. The Labute approximate surface area is 120 Å². The van der Waals surface area contributed by atoms with Crippen LogP contribution in [0.4, 0.5) is 9.93 Å². The number of aliphatic carboxylic acids is 1. The van der Waals surface area contributed by atoms with E-state index in [1.54, 1.807) is 0 Å². The average Bonchev–Trinajstić information content (AvgIpc) is 3.04. The first-order chi connectivity index (χ1) is 9.65. The zero-order chi connectivity index (χ0) is 14.1. The number of aromatic nitrogens is 1. The summed E-state index contributed by atoms with van der Waals surface area (Å²) in [5.41, 5.74) is 1.09. The Kier molecular flexibility index (Phi) is 3.60. The van der Waals surface area contributed by atoms with Crippen molar-refractivity contribution in [2.24, 2.45) is 0 Å². The van der Waals surface area contributed by atoms with E-state index in [0.29, 0.717) is 18.1 Å². The third-order valence-corrected chi connectivity index (χ3v) is 4.93. The number of amides is 2. The molecule has 1 fully saturated rings. The predicted octanol–water partition coefficient (Wildman–Crippen LogP) is 2.10. The van der Waals surface area contributed by atoms with E-state index in [1.807, 2.05) is 0 Å². The molecule has 1 aliphatic heterocycles. The molecule has 7 heteroatoms. The lowest BCUT2D eigenvalue weighted by Crippen LogP contribution is -2.42. The Morgan fingerprint density at radius 3 is 2.85 bits per heavy atom. The zero-order valence-corrected chi connectivity index (χ0v) is 11.9. The van der Waals surface area contributed by atoms with Gasteiger partial charge >= 0.3 is 12.0 Å². The standard InChI is InChI=1S/C13H17N3O3S/c17-11(18)9-5-3-7-16(9)13(19)15-12-14-8-4-1-2-6-10(8)20-12/h9H,1-7H2,(H,17,18)(H,14,15,19). The number of fused-ring (bicyclic) bond motifs is 1. The van der Waals surface area contributed by atoms with Gasteiger partial charge in [-0.2, -0.15) is 0 Å². The lowest BCUT2D eigenvalue weighted by molar-refractivity contribution is -0.141. The van der Waals surface area contributed by atoms with Crippen LogP contribution in [0.3, 0.4) is 0 Å². The summed E-state index contributed by atoms with van der Waals surface area (Å²) in [5, 5.41) is 12.4. The Bertz CT molecular complexity index is 519. The van der Waals surface area contributed by atoms with Crippen LogP contribution in [0.1, 0.15) is 36.3 Å². The van der Waals surface area contributed by atoms with Crippen molar-refractivity contribution >= 4 is 28.5 Å². The number of aryl methyl sites for hydroxylation is 2. The molecule has 2 N–H and O–H groups in total. The van der Waals surface area contributed by atoms with Crippen molar-refractivity contribution < 1.29 is 14.7 Å². The molecule has 108 valence electrons. The molecule has 1 aliphatic carbocycles. The van der Waals surface area contributed by atoms with Crippen molar-refractivity contribution in [3.63, 3.8) is 0 Å². The van der Waals surface area contributed by atoms with Gasteiger partial charge in [-0.25, -0.2) is 14.6 Å². The minimum Gasteiger partial charge on any atom is -0.480 e. The highest BCUT2D eigenvalue weighted by molar-refractivity contribution is 7.15. The summed E-state index contributed by atoms with van der Waals surface area (Å²) in [5.74, 6) is -0.934. The lowest BCUT2D eigenvalue weighted by atomic mass is 10.0. The smallest absolute Gasteiger partial charge is 0.326 e. The van der Waals surface area contributed by atoms with Crippen LogP contribution in [-0.4, -0.2) is 39.6 Å². The maximum Gasteiger partial charge on any atom is 0.326 e. The Balaban J connectivity index is 1.69. The molecule has 0 aromatic carbocycles. The number of thiazole rings is 1. The lowest BCUT2D eigenvalue weighted by Gasteiger charge is -2.20. The van der Waals surface area contributed by atoms with Crippen LogP contribution in [0.5, 0.6) is 0 Å². The number of rotatable bonds is 2. The topological polar surface area (TPSA) is 82.5 Å². The van der Waals surface area contributed by atoms with Gasteiger partial charge in [0.25, 0.3) is 0 Å². The maximum absolute atomic E-state index is 12.2. The number of urea groups is 1. The van der Waals surface area contributed by atoms with Crippen molar-refractivity contribution in [1.82, 2.24) is 9.88 Å². The van der Waals surface area contributed by atoms with Gasteiger partial charge in [0.2, 0.25) is 0 Å². The van der Waals surface area contributed by atoms with Gasteiger partial charge in [-0.1, -0.05) is 0 Å². The molecule has 0 radical (unpaired) electrons. The Hall–Kier alpha value is -1.63. The van der Waals surface area contributed by atoms with Crippen LogP contribution in [0.2, 0.25) is 0 Å². The van der Waals surface area contributed by atoms with Gasteiger partial charge in [-0.05, 0) is 38.5 Å². The molecule has 1 unspecified atom stereocenters. The summed E-state index contributed by atoms with van der Waals surface area (Å²) in [7, 11) is 0. The highest BCUT2D eigenvalue weighted by Gasteiger charge is 2.34. The van der Waals surface area contributed by atoms with Gasteiger partial charge in [0, 0.05) is 11.4 Å². The molecule has 1 saturated heterocycles. The third kappa shape index (κ3) is 2.49. The minimum atomic E-state index is -0.934. The summed E-state index contributed by atoms with van der Waals surface area (Å²) in [6.07, 6.45) is 5.59. The largest absolute Gasteiger partial charge is 0.480 e. The number of anilines is 1. The second-order valence-corrected chi connectivity index (χ2v) is 6.30. The number of hydrogen-bond acceptors (Lipinski definition) is 4. The van der Waals surface area contributed by atoms with E-state index in [-0.39, 0.29) is 6.03 Å². The number of carbonyl (C=O) groups excluding carboxylic acids is 1. The normalized spacial score (nSPS) is 21.6. The molecule has 0 bridgehead atoms. The number of nitrogens with zero attached hydrogens (tertiary/aromatic N) is 2. The first-order valence-corrected chi connectivity index (χ1v) is 7.76. The van der Waals surface area contributed by atoms with E-state index in [2.05, 4.69) is 10.3 Å². The molecular formula is C13H17N3O3S. The van der Waals surface area contributed by atoms with Crippen molar-refractivity contribution in [1.29, 1.82) is 0 Å². The van der Waals surface area contributed by atoms with E-state index in [1.165, 1.54) is 27.5 Å². The summed E-state index contributed by atoms with van der Waals surface area (Å²) in [4.78, 5) is 30.3. The van der Waals surface area contributed by atoms with E-state index >= 15 is 0 Å². The second kappa shape index (κ2) is 5.40. The molecule has 1 aromatic heterocycles. The molecule has 3 rings (SSSR count). The Morgan fingerprint density at radius 1 is 1.30 bits per heavy atom. The van der Waals surface area contributed by atoms with Crippen molar-refractivity contribution in [3.8, 4) is 0 Å². The van der Waals surface area contributed by atoms with Gasteiger partial charge in [0.05, 0.1) is 5.69 Å². The molecular weight excluding hydrogens is 278 g/mol. The van der Waals surface area contributed by atoms with Gasteiger partial charge in [0.15, 0.2) is 5.13 Å². The number of hydrogen-bond donors (Lipinski definition) is 2. The first-order valence-electron chi connectivity index (χ1n) is 6.94. The SMILES string of the molecule is O=C(O)C1CCCN1C(=O)Nc1nc2c(s1)CCCC2. The van der Waals surface area contributed by atoms with Crippen molar-refractivity contribution in [2.75, 3.05) is 11.9 Å². The van der Waals surface area contributed by atoms with Gasteiger partial charge in [0.1, 0.15) is 6.04 Å². The number of carboxylic acids is 1. The van der Waals surface area contributed by atoms with E-state index in [4.69, 9.17) is 5.11 Å². The number of likely N-dealkylation sites (tertiary alicyclic amines) is 1.